The van der Waals surface area contributed by atoms with Crippen molar-refractivity contribution in [1.82, 2.24) is 10.2 Å². The first-order chi connectivity index (χ1) is 19.3. The highest BCUT2D eigenvalue weighted by Crippen LogP contribution is 2.29. The first-order valence-electron chi connectivity index (χ1n) is 12.1. The Hall–Kier alpha value is -5.10. The minimum Gasteiger partial charge on any atom is -0.401 e. The van der Waals surface area contributed by atoms with Crippen LogP contribution in [0.5, 0.6) is 0 Å². The molecule has 2 aromatic carbocycles. The maximum Gasteiger partial charge on any atom is 0.331 e. The molecule has 202 valence electrons. The Morgan fingerprint density at radius 3 is 2.55 bits per heavy atom. The molecule has 40 heavy (non-hydrogen) atoms. The van der Waals surface area contributed by atoms with Gasteiger partial charge in [-0.25, -0.2) is 9.89 Å². The van der Waals surface area contributed by atoms with Crippen LogP contribution < -0.4 is 15.1 Å². The fourth-order valence-electron chi connectivity index (χ4n) is 3.91. The van der Waals surface area contributed by atoms with Crippen LogP contribution in [0.4, 0.5) is 16.7 Å². The summed E-state index contributed by atoms with van der Waals surface area (Å²) in [5, 5.41) is 17.5. The van der Waals surface area contributed by atoms with Crippen LogP contribution in [0.1, 0.15) is 29.5 Å². The lowest BCUT2D eigenvalue weighted by Crippen LogP contribution is -2.33. The average molecular weight is 556 g/mol. The van der Waals surface area contributed by atoms with E-state index in [-0.39, 0.29) is 29.2 Å². The standard InChI is InChI=1S/C28H25N7O4S/c1-17(36)29-23-15-20(16-40-23)24(33-38-4)26-31-32-28(39-26)35-25(19-8-6-5-7-9-19)30-22(27(35)37)14-18-10-12-21(13-11-18)34(2)3/h5-16H,1-4H3,(H,29,36)/b22-14+,33-24-. The van der Waals surface area contributed by atoms with Crippen LogP contribution >= 0.6 is 11.3 Å². The molecule has 2 aromatic heterocycles. The Kier molecular flexibility index (Phi) is 7.51. The fraction of sp³-hybridized carbons (Fsp3) is 0.143. The highest BCUT2D eigenvalue weighted by Gasteiger charge is 2.36. The van der Waals surface area contributed by atoms with E-state index in [4.69, 9.17) is 9.25 Å². The largest absolute Gasteiger partial charge is 0.401 e. The van der Waals surface area contributed by atoms with E-state index in [0.29, 0.717) is 22.0 Å². The number of hydrogen-bond donors (Lipinski definition) is 1. The third-order valence-electron chi connectivity index (χ3n) is 5.77. The molecular weight excluding hydrogens is 530 g/mol. The number of thiophene rings is 1. The van der Waals surface area contributed by atoms with Gasteiger partial charge in [0.15, 0.2) is 11.5 Å². The van der Waals surface area contributed by atoms with E-state index in [1.54, 1.807) is 17.5 Å². The van der Waals surface area contributed by atoms with Crippen molar-refractivity contribution in [2.75, 3.05) is 36.3 Å². The monoisotopic (exact) mass is 555 g/mol. The number of rotatable bonds is 8. The second-order valence-electron chi connectivity index (χ2n) is 8.85. The Balaban J connectivity index is 1.51. The Morgan fingerprint density at radius 1 is 1.12 bits per heavy atom. The molecule has 2 amide bonds. The average Bonchev–Trinajstić information content (AvgIpc) is 3.68. The van der Waals surface area contributed by atoms with Gasteiger partial charge in [0.25, 0.3) is 11.8 Å². The summed E-state index contributed by atoms with van der Waals surface area (Å²) < 4.78 is 5.97. The summed E-state index contributed by atoms with van der Waals surface area (Å²) >= 11 is 1.31. The summed E-state index contributed by atoms with van der Waals surface area (Å²) in [5.41, 5.74) is 3.62. The normalized spacial score (nSPS) is 14.4. The number of hydrogen-bond acceptors (Lipinski definition) is 10. The molecule has 4 aromatic rings. The minimum atomic E-state index is -0.417. The van der Waals surface area contributed by atoms with E-state index in [2.05, 4.69) is 25.7 Å². The van der Waals surface area contributed by atoms with Crippen molar-refractivity contribution in [3.05, 3.63) is 94.3 Å². The molecule has 0 atom stereocenters. The van der Waals surface area contributed by atoms with Gasteiger partial charge in [0.2, 0.25) is 5.91 Å². The number of nitrogens with one attached hydrogen (secondary N) is 1. The van der Waals surface area contributed by atoms with E-state index in [1.807, 2.05) is 73.6 Å². The molecule has 0 saturated heterocycles. The molecule has 1 aliphatic heterocycles. The summed E-state index contributed by atoms with van der Waals surface area (Å²) in [6.45, 7) is 1.42. The number of amidine groups is 1. The van der Waals surface area contributed by atoms with Gasteiger partial charge in [-0.15, -0.1) is 16.4 Å². The smallest absolute Gasteiger partial charge is 0.331 e. The summed E-state index contributed by atoms with van der Waals surface area (Å²) in [7, 11) is 5.32. The zero-order valence-corrected chi connectivity index (χ0v) is 23.0. The van der Waals surface area contributed by atoms with Gasteiger partial charge in [-0.05, 0) is 29.8 Å². The first-order valence-corrected chi connectivity index (χ1v) is 13.0. The van der Waals surface area contributed by atoms with E-state index in [1.165, 1.54) is 30.3 Å². The molecular formula is C28H25N7O4S. The quantitative estimate of drug-likeness (QED) is 0.194. The van der Waals surface area contributed by atoms with Crippen LogP contribution in [0.3, 0.4) is 0 Å². The molecule has 0 saturated carbocycles. The van der Waals surface area contributed by atoms with Gasteiger partial charge in [0.1, 0.15) is 12.8 Å². The number of anilines is 3. The number of nitrogens with zero attached hydrogens (tertiary/aromatic N) is 6. The van der Waals surface area contributed by atoms with Crippen LogP contribution in [0.2, 0.25) is 0 Å². The third-order valence-corrected chi connectivity index (χ3v) is 6.61. The highest BCUT2D eigenvalue weighted by atomic mass is 32.1. The SMILES string of the molecule is CO/N=C(/c1csc(NC(C)=O)c1)c1nnc(N2C(=O)/C(=C\c3ccc(N(C)C)cc3)N=C2c2ccccc2)o1. The van der Waals surface area contributed by atoms with E-state index >= 15 is 0 Å². The van der Waals surface area contributed by atoms with Crippen LogP contribution in [0.15, 0.2) is 86.3 Å². The number of oxime groups is 1. The zero-order chi connectivity index (χ0) is 28.2. The van der Waals surface area contributed by atoms with Crippen molar-refractivity contribution in [3.8, 4) is 0 Å². The Labute approximate surface area is 234 Å². The van der Waals surface area contributed by atoms with Crippen molar-refractivity contribution in [2.24, 2.45) is 10.1 Å². The lowest BCUT2D eigenvalue weighted by Gasteiger charge is -2.13. The predicted octanol–water partition coefficient (Wildman–Crippen LogP) is 4.39. The van der Waals surface area contributed by atoms with Crippen LogP contribution in [-0.2, 0) is 14.4 Å². The first kappa shape index (κ1) is 26.5. The number of amides is 2. The Morgan fingerprint density at radius 2 is 1.88 bits per heavy atom. The molecule has 0 aliphatic carbocycles. The summed E-state index contributed by atoms with van der Waals surface area (Å²) in [5.74, 6) is -0.234. The van der Waals surface area contributed by atoms with Crippen molar-refractivity contribution in [3.63, 3.8) is 0 Å². The number of carbonyl (C=O) groups excluding carboxylic acids is 2. The number of carbonyl (C=O) groups is 2. The van der Waals surface area contributed by atoms with Crippen molar-refractivity contribution in [2.45, 2.75) is 6.92 Å². The van der Waals surface area contributed by atoms with Crippen LogP contribution in [-0.4, -0.2) is 54.8 Å². The summed E-state index contributed by atoms with van der Waals surface area (Å²) in [6, 6.07) is 18.7. The fourth-order valence-corrected chi connectivity index (χ4v) is 4.74. The van der Waals surface area contributed by atoms with Gasteiger partial charge in [-0.2, -0.15) is 0 Å². The molecule has 0 bridgehead atoms. The van der Waals surface area contributed by atoms with Crippen LogP contribution in [0.25, 0.3) is 6.08 Å². The van der Waals surface area contributed by atoms with Crippen molar-refractivity contribution in [1.29, 1.82) is 0 Å². The minimum absolute atomic E-state index is 0.0286. The molecule has 0 radical (unpaired) electrons. The molecule has 3 heterocycles. The molecule has 11 nitrogen and oxygen atoms in total. The predicted molar refractivity (Wildman–Crippen MR) is 155 cm³/mol. The maximum atomic E-state index is 13.7. The second kappa shape index (κ2) is 11.3. The highest BCUT2D eigenvalue weighted by molar-refractivity contribution is 7.14. The number of benzene rings is 2. The lowest BCUT2D eigenvalue weighted by atomic mass is 10.1. The summed E-state index contributed by atoms with van der Waals surface area (Å²) in [6.07, 6.45) is 1.72. The third kappa shape index (κ3) is 5.52. The molecule has 0 spiro atoms. The second-order valence-corrected chi connectivity index (χ2v) is 9.76. The molecule has 1 aliphatic rings. The van der Waals surface area contributed by atoms with Gasteiger partial charge in [-0.1, -0.05) is 52.7 Å². The summed E-state index contributed by atoms with van der Waals surface area (Å²) in [4.78, 5) is 38.1. The number of aromatic nitrogens is 2. The van der Waals surface area contributed by atoms with E-state index in [0.717, 1.165) is 11.3 Å². The van der Waals surface area contributed by atoms with E-state index < -0.39 is 5.91 Å². The van der Waals surface area contributed by atoms with Crippen molar-refractivity contribution >= 4 is 57.5 Å². The molecule has 0 fully saturated rings. The Bertz CT molecular complexity index is 1640. The van der Waals surface area contributed by atoms with Gasteiger partial charge in [0.05, 0.1) is 5.00 Å². The maximum absolute atomic E-state index is 13.7. The molecule has 0 unspecified atom stereocenters. The molecule has 12 heteroatoms. The number of aliphatic imine (C=N–C) groups is 1. The zero-order valence-electron chi connectivity index (χ0n) is 22.2. The molecule has 5 rings (SSSR count). The molecule has 1 N–H and O–H groups in total. The van der Waals surface area contributed by atoms with Gasteiger partial charge < -0.3 is 19.5 Å². The van der Waals surface area contributed by atoms with E-state index in [9.17, 15) is 9.59 Å². The lowest BCUT2D eigenvalue weighted by molar-refractivity contribution is -0.114. The topological polar surface area (TPSA) is 126 Å². The van der Waals surface area contributed by atoms with Gasteiger partial charge >= 0.3 is 6.01 Å². The van der Waals surface area contributed by atoms with Crippen LogP contribution in [0, 0.1) is 0 Å². The van der Waals surface area contributed by atoms with Gasteiger partial charge in [-0.3, -0.25) is 9.59 Å². The van der Waals surface area contributed by atoms with Crippen molar-refractivity contribution < 1.29 is 18.8 Å². The van der Waals surface area contributed by atoms with Gasteiger partial charge in [0, 0.05) is 43.2 Å².